The summed E-state index contributed by atoms with van der Waals surface area (Å²) >= 11 is 2.96. The van der Waals surface area contributed by atoms with Crippen LogP contribution in [-0.2, 0) is 0 Å². The summed E-state index contributed by atoms with van der Waals surface area (Å²) in [4.78, 5) is 26.6. The van der Waals surface area contributed by atoms with E-state index in [2.05, 4.69) is 55.4 Å². The second-order valence-electron chi connectivity index (χ2n) is 6.63. The van der Waals surface area contributed by atoms with Gasteiger partial charge < -0.3 is 25.6 Å². The Morgan fingerprint density at radius 3 is 2.19 bits per heavy atom. The maximum absolute atomic E-state index is 12.5. The van der Waals surface area contributed by atoms with E-state index < -0.39 is 18.1 Å². The molecule has 0 unspecified atom stereocenters. The highest BCUT2D eigenvalue weighted by atomic mass is 79.9. The first-order chi connectivity index (χ1) is 15.1. The predicted molar refractivity (Wildman–Crippen MR) is 120 cm³/mol. The van der Waals surface area contributed by atoms with Crippen LogP contribution in [0, 0.1) is 0 Å². The predicted octanol–water partition coefficient (Wildman–Crippen LogP) is 5.06. The Labute approximate surface area is 192 Å². The minimum atomic E-state index is -4.86. The Bertz CT molecular complexity index is 919. The molecule has 11 heteroatoms. The molecule has 0 aliphatic heterocycles. The van der Waals surface area contributed by atoms with Crippen molar-refractivity contribution >= 4 is 39.2 Å². The lowest BCUT2D eigenvalue weighted by Crippen LogP contribution is -2.34. The molecule has 3 amide bonds. The molecule has 0 aliphatic carbocycles. The Kier molecular flexibility index (Phi) is 9.33. The molecule has 2 aromatic carbocycles. The van der Waals surface area contributed by atoms with Crippen molar-refractivity contribution in [3.8, 4) is 5.75 Å². The van der Waals surface area contributed by atoms with Crippen LogP contribution in [-0.4, -0.2) is 49.4 Å². The van der Waals surface area contributed by atoms with Gasteiger partial charge in [0.05, 0.1) is 4.47 Å². The third kappa shape index (κ3) is 8.39. The zero-order chi connectivity index (χ0) is 23.7. The molecule has 0 radical (unpaired) electrons. The Hall–Kier alpha value is -2.79. The van der Waals surface area contributed by atoms with Gasteiger partial charge in [-0.3, -0.25) is 4.79 Å². The van der Waals surface area contributed by atoms with E-state index in [0.717, 1.165) is 25.7 Å². The lowest BCUT2D eigenvalue weighted by molar-refractivity contribution is -0.274. The van der Waals surface area contributed by atoms with Crippen LogP contribution < -0.4 is 20.7 Å². The number of alkyl halides is 3. The summed E-state index contributed by atoms with van der Waals surface area (Å²) in [5.74, 6) is -0.702. The van der Waals surface area contributed by atoms with Gasteiger partial charge in [0, 0.05) is 36.1 Å². The van der Waals surface area contributed by atoms with Crippen LogP contribution >= 0.6 is 15.9 Å². The molecule has 0 fully saturated rings. The van der Waals surface area contributed by atoms with Gasteiger partial charge in [0.25, 0.3) is 5.91 Å². The van der Waals surface area contributed by atoms with Crippen molar-refractivity contribution < 1.29 is 27.5 Å². The number of rotatable bonds is 9. The monoisotopic (exact) mass is 516 g/mol. The van der Waals surface area contributed by atoms with Crippen molar-refractivity contribution in [3.63, 3.8) is 0 Å². The van der Waals surface area contributed by atoms with Gasteiger partial charge in [-0.05, 0) is 65.4 Å². The highest BCUT2D eigenvalue weighted by Crippen LogP contribution is 2.32. The summed E-state index contributed by atoms with van der Waals surface area (Å²) in [5, 5.41) is 7.82. The number of ether oxygens (including phenoxy) is 1. The summed E-state index contributed by atoms with van der Waals surface area (Å²) in [6, 6.07) is 9.36. The molecular formula is C21H24BrF3N4O3. The molecule has 174 valence electrons. The number of nitrogens with zero attached hydrogens (tertiary/aromatic N) is 1. The maximum atomic E-state index is 12.5. The SMILES string of the molecule is CCN(CC)CCNC(=O)c1ccc(NC(=O)Nc2ccc(Br)c(OC(F)(F)F)c2)cc1. The molecule has 0 spiro atoms. The van der Waals surface area contributed by atoms with Crippen LogP contribution in [0.5, 0.6) is 5.75 Å². The Morgan fingerprint density at radius 2 is 1.59 bits per heavy atom. The van der Waals surface area contributed by atoms with Gasteiger partial charge in [0.2, 0.25) is 0 Å². The number of carbonyl (C=O) groups is 2. The molecule has 0 saturated carbocycles. The van der Waals surface area contributed by atoms with Crippen molar-refractivity contribution in [1.29, 1.82) is 0 Å². The van der Waals surface area contributed by atoms with Crippen LogP contribution in [0.2, 0.25) is 0 Å². The summed E-state index contributed by atoms with van der Waals surface area (Å²) in [6.07, 6.45) is -4.86. The second-order valence-corrected chi connectivity index (χ2v) is 7.49. The number of halogens is 4. The van der Waals surface area contributed by atoms with E-state index in [1.807, 2.05) is 0 Å². The number of nitrogens with one attached hydrogen (secondary N) is 3. The molecule has 0 bridgehead atoms. The van der Waals surface area contributed by atoms with Crippen molar-refractivity contribution in [2.45, 2.75) is 20.2 Å². The summed E-state index contributed by atoms with van der Waals surface area (Å²) in [6.45, 7) is 7.20. The molecule has 7 nitrogen and oxygen atoms in total. The summed E-state index contributed by atoms with van der Waals surface area (Å²) in [5.41, 5.74) is 0.956. The van der Waals surface area contributed by atoms with Crippen LogP contribution in [0.3, 0.4) is 0 Å². The first kappa shape index (κ1) is 25.5. The number of amides is 3. The molecule has 0 aromatic heterocycles. The number of likely N-dealkylation sites (N-methyl/N-ethyl adjacent to an activating group) is 1. The minimum absolute atomic E-state index is 0.0896. The number of anilines is 2. The molecule has 2 rings (SSSR count). The van der Waals surface area contributed by atoms with Crippen LogP contribution in [0.15, 0.2) is 46.9 Å². The van der Waals surface area contributed by atoms with Gasteiger partial charge in [0.15, 0.2) is 0 Å². The fourth-order valence-corrected chi connectivity index (χ4v) is 3.08. The van der Waals surface area contributed by atoms with Crippen molar-refractivity contribution in [2.75, 3.05) is 36.8 Å². The fraction of sp³-hybridized carbons (Fsp3) is 0.333. The molecule has 3 N–H and O–H groups in total. The molecule has 0 aliphatic rings. The molecular weight excluding hydrogens is 493 g/mol. The molecule has 2 aromatic rings. The van der Waals surface area contributed by atoms with E-state index in [1.165, 1.54) is 12.1 Å². The third-order valence-electron chi connectivity index (χ3n) is 4.43. The molecule has 0 saturated heterocycles. The van der Waals surface area contributed by atoms with E-state index in [4.69, 9.17) is 0 Å². The number of hydrogen-bond donors (Lipinski definition) is 3. The molecule has 0 atom stereocenters. The smallest absolute Gasteiger partial charge is 0.405 e. The highest BCUT2D eigenvalue weighted by Gasteiger charge is 2.32. The van der Waals surface area contributed by atoms with Crippen LogP contribution in [0.25, 0.3) is 0 Å². The van der Waals surface area contributed by atoms with Gasteiger partial charge in [-0.1, -0.05) is 13.8 Å². The largest absolute Gasteiger partial charge is 0.573 e. The number of carbonyl (C=O) groups excluding carboxylic acids is 2. The topological polar surface area (TPSA) is 82.7 Å². The molecule has 32 heavy (non-hydrogen) atoms. The van der Waals surface area contributed by atoms with Gasteiger partial charge in [-0.2, -0.15) is 0 Å². The minimum Gasteiger partial charge on any atom is -0.405 e. The quantitative estimate of drug-likeness (QED) is 0.434. The van der Waals surface area contributed by atoms with Crippen molar-refractivity contribution in [3.05, 3.63) is 52.5 Å². The highest BCUT2D eigenvalue weighted by molar-refractivity contribution is 9.10. The molecule has 0 heterocycles. The average molecular weight is 517 g/mol. The Morgan fingerprint density at radius 1 is 1.00 bits per heavy atom. The number of benzene rings is 2. The first-order valence-corrected chi connectivity index (χ1v) is 10.6. The third-order valence-corrected chi connectivity index (χ3v) is 5.08. The standard InChI is InChI=1S/C21H24BrF3N4O3/c1-3-29(4-2)12-11-26-19(30)14-5-7-15(8-6-14)27-20(31)28-16-9-10-17(22)18(13-16)32-21(23,24)25/h5-10,13H,3-4,11-12H2,1-2H3,(H,26,30)(H2,27,28,31). The van der Waals surface area contributed by atoms with Gasteiger partial charge >= 0.3 is 12.4 Å². The van der Waals surface area contributed by atoms with Crippen LogP contribution in [0.1, 0.15) is 24.2 Å². The lowest BCUT2D eigenvalue weighted by atomic mass is 10.2. The van der Waals surface area contributed by atoms with Crippen molar-refractivity contribution in [2.24, 2.45) is 0 Å². The first-order valence-electron chi connectivity index (χ1n) is 9.85. The number of urea groups is 1. The second kappa shape index (κ2) is 11.7. The van der Waals surface area contributed by atoms with E-state index in [1.54, 1.807) is 24.3 Å². The van der Waals surface area contributed by atoms with Gasteiger partial charge in [-0.15, -0.1) is 13.2 Å². The summed E-state index contributed by atoms with van der Waals surface area (Å²) < 4.78 is 41.4. The Balaban J connectivity index is 1.90. The zero-order valence-corrected chi connectivity index (χ0v) is 19.1. The maximum Gasteiger partial charge on any atom is 0.573 e. The normalized spacial score (nSPS) is 11.2. The van der Waals surface area contributed by atoms with Gasteiger partial charge in [0.1, 0.15) is 5.75 Å². The average Bonchev–Trinajstić information content (AvgIpc) is 2.73. The van der Waals surface area contributed by atoms with E-state index in [0.29, 0.717) is 17.8 Å². The van der Waals surface area contributed by atoms with Crippen molar-refractivity contribution in [1.82, 2.24) is 10.2 Å². The number of hydrogen-bond acceptors (Lipinski definition) is 4. The zero-order valence-electron chi connectivity index (χ0n) is 17.6. The van der Waals surface area contributed by atoms with E-state index >= 15 is 0 Å². The lowest BCUT2D eigenvalue weighted by Gasteiger charge is -2.18. The van der Waals surface area contributed by atoms with Gasteiger partial charge in [-0.25, -0.2) is 4.79 Å². The van der Waals surface area contributed by atoms with E-state index in [-0.39, 0.29) is 16.1 Å². The fourth-order valence-electron chi connectivity index (χ4n) is 2.75. The van der Waals surface area contributed by atoms with E-state index in [9.17, 15) is 22.8 Å². The summed E-state index contributed by atoms with van der Waals surface area (Å²) in [7, 11) is 0. The van der Waals surface area contributed by atoms with Crippen LogP contribution in [0.4, 0.5) is 29.3 Å².